The molecule has 7 nitrogen and oxygen atoms in total. The lowest BCUT2D eigenvalue weighted by atomic mass is 9.85. The molecule has 0 spiro atoms. The van der Waals surface area contributed by atoms with Crippen LogP contribution in [0, 0.1) is 0 Å². The summed E-state index contributed by atoms with van der Waals surface area (Å²) in [5.74, 6) is -0.687. The highest BCUT2D eigenvalue weighted by Crippen LogP contribution is 2.45. The monoisotopic (exact) mass is 462 g/mol. The molecule has 8 heteroatoms. The molecule has 0 radical (unpaired) electrons. The molecule has 2 aromatic heterocycles. The van der Waals surface area contributed by atoms with Crippen molar-refractivity contribution in [2.75, 3.05) is 0 Å². The van der Waals surface area contributed by atoms with E-state index in [9.17, 15) is 14.6 Å². The number of hydrogen-bond donors (Lipinski definition) is 4. The minimum absolute atomic E-state index is 0.0669. The molecule has 0 bridgehead atoms. The Bertz CT molecular complexity index is 1750. The maximum atomic E-state index is 13.2. The van der Waals surface area contributed by atoms with Crippen molar-refractivity contribution in [3.63, 3.8) is 0 Å². The van der Waals surface area contributed by atoms with Crippen molar-refractivity contribution in [3.8, 4) is 0 Å². The van der Waals surface area contributed by atoms with Gasteiger partial charge in [0.1, 0.15) is 0 Å². The smallest absolute Gasteiger partial charge is 0.374 e. The Hall–Kier alpha value is -3.88. The molecule has 1 aliphatic heterocycles. The van der Waals surface area contributed by atoms with Crippen molar-refractivity contribution < 1.29 is 14.6 Å². The topological polar surface area (TPSA) is 99.2 Å². The maximum Gasteiger partial charge on any atom is 0.374 e. The normalized spacial score (nSPS) is 19.8. The Morgan fingerprint density at radius 1 is 0.943 bits per heavy atom. The van der Waals surface area contributed by atoms with Crippen LogP contribution in [0.1, 0.15) is 39.6 Å². The number of imide groups is 1. The summed E-state index contributed by atoms with van der Waals surface area (Å²) in [7, 11) is -0.570. The zero-order valence-electron chi connectivity index (χ0n) is 19.1. The van der Waals surface area contributed by atoms with Crippen LogP contribution in [0.3, 0.4) is 0 Å². The maximum absolute atomic E-state index is 13.2. The SMILES string of the molecule is CB(O)N[C@H]1C=CC(n2c3ccccc3c3c4c(c5c6ccccc6[nH]c5c32)C(=O)NC4=O)CC1. The molecule has 3 heterocycles. The highest BCUT2D eigenvalue weighted by atomic mass is 16.2. The Morgan fingerprint density at radius 2 is 1.66 bits per heavy atom. The minimum atomic E-state index is -0.570. The Balaban J connectivity index is 1.63. The van der Waals surface area contributed by atoms with Crippen molar-refractivity contribution in [3.05, 3.63) is 71.8 Å². The third kappa shape index (κ3) is 2.81. The van der Waals surface area contributed by atoms with Gasteiger partial charge < -0.3 is 19.8 Å². The fourth-order valence-electron chi connectivity index (χ4n) is 6.09. The van der Waals surface area contributed by atoms with Gasteiger partial charge in [-0.05, 0) is 31.8 Å². The number of amides is 2. The molecule has 2 atom stereocenters. The van der Waals surface area contributed by atoms with Gasteiger partial charge in [-0.15, -0.1) is 0 Å². The predicted molar refractivity (Wildman–Crippen MR) is 139 cm³/mol. The summed E-state index contributed by atoms with van der Waals surface area (Å²) in [5.41, 5.74) is 4.70. The zero-order chi connectivity index (χ0) is 23.8. The van der Waals surface area contributed by atoms with Gasteiger partial charge in [0.15, 0.2) is 0 Å². The van der Waals surface area contributed by atoms with Crippen LogP contribution in [0.5, 0.6) is 0 Å². The second-order valence-electron chi connectivity index (χ2n) is 9.54. The summed E-state index contributed by atoms with van der Waals surface area (Å²) in [4.78, 5) is 29.8. The number of nitrogens with zero attached hydrogens (tertiary/aromatic N) is 1. The lowest BCUT2D eigenvalue weighted by molar-refractivity contribution is 0.0880. The van der Waals surface area contributed by atoms with Crippen LogP contribution in [0.25, 0.3) is 43.6 Å². The van der Waals surface area contributed by atoms with E-state index in [1.807, 2.05) is 42.5 Å². The van der Waals surface area contributed by atoms with Crippen LogP contribution in [0.4, 0.5) is 0 Å². The van der Waals surface area contributed by atoms with E-state index in [4.69, 9.17) is 0 Å². The van der Waals surface area contributed by atoms with Gasteiger partial charge in [0, 0.05) is 38.6 Å². The quantitative estimate of drug-likeness (QED) is 0.183. The molecule has 1 unspecified atom stereocenters. The van der Waals surface area contributed by atoms with Crippen molar-refractivity contribution >= 4 is 62.5 Å². The number of aromatic amines is 1. The Kier molecular flexibility index (Phi) is 4.28. The Morgan fingerprint density at radius 3 is 2.40 bits per heavy atom. The molecule has 2 aliphatic rings. The van der Waals surface area contributed by atoms with Crippen LogP contribution < -0.4 is 10.5 Å². The average Bonchev–Trinajstić information content (AvgIpc) is 3.48. The molecule has 3 aromatic carbocycles. The molecule has 4 N–H and O–H groups in total. The van der Waals surface area contributed by atoms with Crippen LogP contribution in [0.15, 0.2) is 60.7 Å². The zero-order valence-corrected chi connectivity index (χ0v) is 19.1. The van der Waals surface area contributed by atoms with Crippen molar-refractivity contribution in [2.24, 2.45) is 0 Å². The highest BCUT2D eigenvalue weighted by Gasteiger charge is 2.36. The molecule has 0 fully saturated rings. The van der Waals surface area contributed by atoms with E-state index in [1.165, 1.54) is 0 Å². The molecule has 1 aliphatic carbocycles. The van der Waals surface area contributed by atoms with E-state index in [-0.39, 0.29) is 23.9 Å². The summed E-state index contributed by atoms with van der Waals surface area (Å²) in [5, 5.41) is 19.0. The van der Waals surface area contributed by atoms with Crippen molar-refractivity contribution in [1.29, 1.82) is 0 Å². The number of fused-ring (bicyclic) bond motifs is 10. The van der Waals surface area contributed by atoms with Gasteiger partial charge >= 0.3 is 7.05 Å². The largest absolute Gasteiger partial charge is 0.437 e. The molecule has 172 valence electrons. The van der Waals surface area contributed by atoms with Crippen LogP contribution in [0.2, 0.25) is 6.82 Å². The van der Waals surface area contributed by atoms with E-state index < -0.39 is 7.05 Å². The number of carbonyl (C=O) groups is 2. The third-order valence-corrected chi connectivity index (χ3v) is 7.41. The van der Waals surface area contributed by atoms with E-state index in [2.05, 4.69) is 38.3 Å². The minimum Gasteiger partial charge on any atom is -0.437 e. The average molecular weight is 462 g/mol. The van der Waals surface area contributed by atoms with E-state index in [0.717, 1.165) is 56.5 Å². The van der Waals surface area contributed by atoms with Gasteiger partial charge in [-0.2, -0.15) is 0 Å². The number of H-pyrrole nitrogens is 1. The number of benzene rings is 3. The molecule has 0 saturated heterocycles. The predicted octanol–water partition coefficient (Wildman–Crippen LogP) is 4.27. The summed E-state index contributed by atoms with van der Waals surface area (Å²) in [6, 6.07) is 16.2. The first-order valence-corrected chi connectivity index (χ1v) is 12.0. The van der Waals surface area contributed by atoms with Crippen LogP contribution in [-0.4, -0.2) is 39.5 Å². The number of hydrogen-bond acceptors (Lipinski definition) is 4. The number of allylic oxidation sites excluding steroid dienone is 1. The summed E-state index contributed by atoms with van der Waals surface area (Å²) >= 11 is 0. The van der Waals surface area contributed by atoms with E-state index >= 15 is 0 Å². The fraction of sp³-hybridized carbons (Fsp3) is 0.185. The van der Waals surface area contributed by atoms with Gasteiger partial charge in [-0.1, -0.05) is 48.6 Å². The molecular formula is C27H23BN4O3. The first kappa shape index (κ1) is 20.5. The van der Waals surface area contributed by atoms with Crippen LogP contribution in [-0.2, 0) is 0 Å². The first-order valence-electron chi connectivity index (χ1n) is 12.0. The van der Waals surface area contributed by atoms with Gasteiger partial charge in [-0.25, -0.2) is 0 Å². The highest BCUT2D eigenvalue weighted by molar-refractivity contribution is 6.45. The third-order valence-electron chi connectivity index (χ3n) is 7.41. The fourth-order valence-corrected chi connectivity index (χ4v) is 6.09. The number of nitrogens with one attached hydrogen (secondary N) is 3. The Labute approximate surface area is 200 Å². The standard InChI is InChI=1S/C27H23BN4O3/c1-28(35)31-14-10-12-15(13-11-14)32-19-9-5-3-7-17(19)21-23-22(26(33)30-27(23)34)20-16-6-2-4-8-18(16)29-24(20)25(21)32/h2-10,12,14-15,29,31,35H,11,13H2,1H3,(H,30,33,34)/t14-,15?/m0/s1. The molecular weight excluding hydrogens is 439 g/mol. The molecule has 35 heavy (non-hydrogen) atoms. The van der Waals surface area contributed by atoms with Crippen molar-refractivity contribution in [2.45, 2.75) is 31.7 Å². The molecule has 2 amide bonds. The lowest BCUT2D eigenvalue weighted by Gasteiger charge is -2.26. The van der Waals surface area contributed by atoms with E-state index in [1.54, 1.807) is 6.82 Å². The first-order chi connectivity index (χ1) is 17.0. The van der Waals surface area contributed by atoms with E-state index in [0.29, 0.717) is 11.1 Å². The number of para-hydroxylation sites is 2. The second kappa shape index (κ2) is 7.31. The van der Waals surface area contributed by atoms with Gasteiger partial charge in [0.05, 0.1) is 28.2 Å². The number of carbonyl (C=O) groups excluding carboxylic acids is 2. The summed E-state index contributed by atoms with van der Waals surface area (Å²) in [6.45, 7) is 1.73. The second-order valence-corrected chi connectivity index (χ2v) is 9.54. The van der Waals surface area contributed by atoms with Gasteiger partial charge in [0.2, 0.25) is 0 Å². The number of rotatable bonds is 3. The van der Waals surface area contributed by atoms with Gasteiger partial charge in [0.25, 0.3) is 11.8 Å². The van der Waals surface area contributed by atoms with Gasteiger partial charge in [-0.3, -0.25) is 14.9 Å². The molecule has 5 aromatic rings. The summed E-state index contributed by atoms with van der Waals surface area (Å²) in [6.07, 6.45) is 6.05. The summed E-state index contributed by atoms with van der Waals surface area (Å²) < 4.78 is 2.31. The van der Waals surface area contributed by atoms with Crippen molar-refractivity contribution in [1.82, 2.24) is 20.1 Å². The lowest BCUT2D eigenvalue weighted by Crippen LogP contribution is -2.40. The molecule has 7 rings (SSSR count). The van der Waals surface area contributed by atoms with Crippen LogP contribution >= 0.6 is 0 Å². The molecule has 0 saturated carbocycles. The number of aromatic nitrogens is 2.